The number of hydrogen-bond acceptors (Lipinski definition) is 6. The molecule has 164 valence electrons. The smallest absolute Gasteiger partial charge is 0.414 e. The molecule has 5 N–H and O–H groups in total. The number of H-pyrrole nitrogens is 1. The number of aliphatic carboxylic acids is 2. The second-order valence-corrected chi connectivity index (χ2v) is 8.92. The molecule has 0 saturated carbocycles. The molecule has 0 aliphatic heterocycles. The first-order chi connectivity index (χ1) is 14.6. The number of carboxylic acid groups (broad SMARTS) is 2. The van der Waals surface area contributed by atoms with Gasteiger partial charge in [-0.1, -0.05) is 6.07 Å². The first-order valence-corrected chi connectivity index (χ1v) is 10.8. The van der Waals surface area contributed by atoms with Gasteiger partial charge < -0.3 is 20.9 Å². The molecular weight excluding hydrogens is 429 g/mol. The molecule has 0 bridgehead atoms. The first kappa shape index (κ1) is 22.4. The molecule has 0 spiro atoms. The van der Waals surface area contributed by atoms with Gasteiger partial charge in [0.15, 0.2) is 0 Å². The number of aryl methyl sites for hydroxylation is 1. The minimum Gasteiger partial charge on any atom is -0.473 e. The number of nitrogens with zero attached hydrogens (tertiary/aromatic N) is 1. The summed E-state index contributed by atoms with van der Waals surface area (Å²) in [5.41, 5.74) is 8.58. The van der Waals surface area contributed by atoms with Crippen molar-refractivity contribution in [1.29, 1.82) is 0 Å². The van der Waals surface area contributed by atoms with Crippen LogP contribution in [0.3, 0.4) is 0 Å². The van der Waals surface area contributed by atoms with Crippen LogP contribution >= 0.6 is 0 Å². The van der Waals surface area contributed by atoms with Crippen molar-refractivity contribution in [2.24, 2.45) is 5.73 Å². The van der Waals surface area contributed by atoms with E-state index in [-0.39, 0.29) is 15.7 Å². The first-order valence-electron chi connectivity index (χ1n) is 9.32. The minimum absolute atomic E-state index is 0.0915. The maximum atomic E-state index is 13.9. The van der Waals surface area contributed by atoms with Gasteiger partial charge in [0, 0.05) is 6.07 Å². The fraction of sp³-hybridized carbons (Fsp3) is 0.250. The van der Waals surface area contributed by atoms with Gasteiger partial charge in [-0.25, -0.2) is 27.4 Å². The molecule has 31 heavy (non-hydrogen) atoms. The third kappa shape index (κ3) is 4.57. The fourth-order valence-electron chi connectivity index (χ4n) is 3.62. The maximum Gasteiger partial charge on any atom is 0.414 e. The van der Waals surface area contributed by atoms with Crippen molar-refractivity contribution in [3.8, 4) is 0 Å². The Kier molecular flexibility index (Phi) is 6.37. The molecule has 0 saturated heterocycles. The Balaban J connectivity index is 0.000000401. The Bertz CT molecular complexity index is 1240. The monoisotopic (exact) mass is 449 g/mol. The van der Waals surface area contributed by atoms with Gasteiger partial charge in [-0.2, -0.15) is 0 Å². The van der Waals surface area contributed by atoms with Gasteiger partial charge in [0.05, 0.1) is 22.3 Å². The summed E-state index contributed by atoms with van der Waals surface area (Å²) in [5, 5.41) is 14.8. The Labute approximate surface area is 176 Å². The number of fused-ring (bicyclic) bond motifs is 2. The highest BCUT2D eigenvalue weighted by Crippen LogP contribution is 2.34. The van der Waals surface area contributed by atoms with E-state index in [1.165, 1.54) is 12.4 Å². The quantitative estimate of drug-likeness (QED) is 0.441. The van der Waals surface area contributed by atoms with Crippen LogP contribution in [-0.4, -0.2) is 47.1 Å². The highest BCUT2D eigenvalue weighted by atomic mass is 32.2. The van der Waals surface area contributed by atoms with Crippen LogP contribution in [-0.2, 0) is 25.8 Å². The molecule has 11 heteroatoms. The summed E-state index contributed by atoms with van der Waals surface area (Å²) >= 11 is 0. The van der Waals surface area contributed by atoms with E-state index in [4.69, 9.17) is 25.5 Å². The van der Waals surface area contributed by atoms with E-state index in [1.807, 2.05) is 6.07 Å². The van der Waals surface area contributed by atoms with Gasteiger partial charge in [-0.3, -0.25) is 0 Å². The lowest BCUT2D eigenvalue weighted by Crippen LogP contribution is -2.18. The molecule has 1 atom stereocenters. The number of halogens is 1. The van der Waals surface area contributed by atoms with Crippen molar-refractivity contribution < 1.29 is 32.6 Å². The highest BCUT2D eigenvalue weighted by Gasteiger charge is 2.26. The molecule has 1 aromatic heterocycles. The van der Waals surface area contributed by atoms with Gasteiger partial charge in [0.2, 0.25) is 9.84 Å². The van der Waals surface area contributed by atoms with E-state index in [0.29, 0.717) is 17.6 Å². The number of rotatable bonds is 3. The van der Waals surface area contributed by atoms with Gasteiger partial charge in [0.1, 0.15) is 10.7 Å². The number of aromatic amines is 1. The topological polar surface area (TPSA) is 163 Å². The van der Waals surface area contributed by atoms with Gasteiger partial charge in [-0.15, -0.1) is 0 Å². The summed E-state index contributed by atoms with van der Waals surface area (Å²) in [5.74, 6) is -4.00. The fourth-order valence-corrected chi connectivity index (χ4v) is 5.12. The summed E-state index contributed by atoms with van der Waals surface area (Å²) in [6.45, 7) is 0.553. The summed E-state index contributed by atoms with van der Waals surface area (Å²) < 4.78 is 40.1. The van der Waals surface area contributed by atoms with Crippen LogP contribution < -0.4 is 5.73 Å². The minimum atomic E-state index is -3.86. The lowest BCUT2D eigenvalue weighted by Gasteiger charge is -2.24. The number of nitrogens with one attached hydrogen (secondary N) is 1. The van der Waals surface area contributed by atoms with Crippen molar-refractivity contribution in [3.63, 3.8) is 0 Å². The van der Waals surface area contributed by atoms with Crippen molar-refractivity contribution in [1.82, 2.24) is 9.97 Å². The number of nitrogens with two attached hydrogens (primary N) is 1. The molecule has 1 unspecified atom stereocenters. The van der Waals surface area contributed by atoms with Crippen LogP contribution in [0, 0.1) is 5.82 Å². The van der Waals surface area contributed by atoms with E-state index < -0.39 is 27.6 Å². The van der Waals surface area contributed by atoms with E-state index in [0.717, 1.165) is 36.5 Å². The van der Waals surface area contributed by atoms with E-state index >= 15 is 0 Å². The molecule has 3 aromatic rings. The lowest BCUT2D eigenvalue weighted by atomic mass is 9.83. The zero-order valence-electron chi connectivity index (χ0n) is 16.2. The SMILES string of the molecule is NCC1CCCc2cc(S(=O)(=O)c3cc(F)cc4nc[nH]c34)ccc21.O=C(O)C(=O)O. The normalized spacial score (nSPS) is 15.6. The number of imidazole rings is 1. The second kappa shape index (κ2) is 8.82. The molecule has 1 aliphatic carbocycles. The van der Waals surface area contributed by atoms with E-state index in [9.17, 15) is 12.8 Å². The van der Waals surface area contributed by atoms with Crippen LogP contribution in [0.1, 0.15) is 29.9 Å². The predicted molar refractivity (Wildman–Crippen MR) is 108 cm³/mol. The third-order valence-corrected chi connectivity index (χ3v) is 6.85. The summed E-state index contributed by atoms with van der Waals surface area (Å²) in [6.07, 6.45) is 4.21. The van der Waals surface area contributed by atoms with Crippen LogP contribution in [0.25, 0.3) is 11.0 Å². The molecule has 2 aromatic carbocycles. The number of aromatic nitrogens is 2. The van der Waals surface area contributed by atoms with Gasteiger partial charge >= 0.3 is 11.9 Å². The standard InChI is InChI=1S/C18H18FN3O2S.C2H2O4/c19-13-7-16-18(22-10-21-16)17(8-13)25(23,24)14-4-5-15-11(6-14)2-1-3-12(15)9-20;3-1(4)2(5)6/h4-8,10,12H,1-3,9,20H2,(H,21,22);(H,3,4)(H,5,6). The van der Waals surface area contributed by atoms with E-state index in [2.05, 4.69) is 9.97 Å². The zero-order valence-corrected chi connectivity index (χ0v) is 17.0. The molecule has 0 radical (unpaired) electrons. The molecule has 9 nitrogen and oxygen atoms in total. The van der Waals surface area contributed by atoms with Crippen molar-refractivity contribution >= 4 is 32.8 Å². The van der Waals surface area contributed by atoms with Crippen molar-refractivity contribution in [2.75, 3.05) is 6.54 Å². The Morgan fingerprint density at radius 3 is 2.55 bits per heavy atom. The average molecular weight is 449 g/mol. The zero-order chi connectivity index (χ0) is 22.8. The van der Waals surface area contributed by atoms with Crippen molar-refractivity contribution in [2.45, 2.75) is 35.0 Å². The Hall–Kier alpha value is -3.31. The molecule has 0 amide bonds. The Morgan fingerprint density at radius 1 is 1.19 bits per heavy atom. The lowest BCUT2D eigenvalue weighted by molar-refractivity contribution is -0.159. The number of hydrogen-bond donors (Lipinski definition) is 4. The molecule has 0 fully saturated rings. The molecule has 4 rings (SSSR count). The van der Waals surface area contributed by atoms with Gasteiger partial charge in [-0.05, 0) is 61.1 Å². The highest BCUT2D eigenvalue weighted by molar-refractivity contribution is 7.91. The molecule has 1 heterocycles. The second-order valence-electron chi connectivity index (χ2n) is 7.00. The number of carboxylic acids is 2. The molecule has 1 aliphatic rings. The van der Waals surface area contributed by atoms with Crippen LogP contribution in [0.4, 0.5) is 4.39 Å². The summed E-state index contributed by atoms with van der Waals surface area (Å²) in [7, 11) is -3.86. The number of benzene rings is 2. The molecular formula is C20H20FN3O6S. The number of carbonyl (C=O) groups is 2. The average Bonchev–Trinajstić information content (AvgIpc) is 3.20. The van der Waals surface area contributed by atoms with Crippen LogP contribution in [0.5, 0.6) is 0 Å². The third-order valence-electron chi connectivity index (χ3n) is 5.08. The summed E-state index contributed by atoms with van der Waals surface area (Å²) in [4.78, 5) is 25.0. The van der Waals surface area contributed by atoms with E-state index in [1.54, 1.807) is 12.1 Å². The Morgan fingerprint density at radius 2 is 1.90 bits per heavy atom. The van der Waals surface area contributed by atoms with Crippen LogP contribution in [0.15, 0.2) is 46.5 Å². The van der Waals surface area contributed by atoms with Crippen molar-refractivity contribution in [3.05, 3.63) is 53.6 Å². The predicted octanol–water partition coefficient (Wildman–Crippen LogP) is 2.07. The summed E-state index contributed by atoms with van der Waals surface area (Å²) in [6, 6.07) is 7.40. The maximum absolute atomic E-state index is 13.9. The largest absolute Gasteiger partial charge is 0.473 e. The number of sulfone groups is 1. The van der Waals surface area contributed by atoms with Crippen LogP contribution in [0.2, 0.25) is 0 Å². The van der Waals surface area contributed by atoms with Gasteiger partial charge in [0.25, 0.3) is 0 Å².